The fraction of sp³-hybridized carbons (Fsp3) is 0. The van der Waals surface area contributed by atoms with Crippen molar-refractivity contribution in [2.24, 2.45) is 0 Å². The maximum Gasteiger partial charge on any atom is 0.150 e. The van der Waals surface area contributed by atoms with Crippen molar-refractivity contribution in [3.05, 3.63) is 120 Å². The third-order valence-electron chi connectivity index (χ3n) is 6.45. The first-order valence-corrected chi connectivity index (χ1v) is 12.2. The second-order valence-corrected chi connectivity index (χ2v) is 9.54. The highest BCUT2D eigenvalue weighted by atomic mass is 32.1. The molecule has 36 heavy (non-hydrogen) atoms. The Balaban J connectivity index is 1.76. The molecule has 168 valence electrons. The monoisotopic (exact) mass is 480 g/mol. The van der Waals surface area contributed by atoms with Gasteiger partial charge in [-0.05, 0) is 28.8 Å². The van der Waals surface area contributed by atoms with Gasteiger partial charge in [0.25, 0.3) is 0 Å². The van der Waals surface area contributed by atoms with Crippen molar-refractivity contribution >= 4 is 31.5 Å². The van der Waals surface area contributed by atoms with Crippen LogP contribution in [0.5, 0.6) is 0 Å². The van der Waals surface area contributed by atoms with Gasteiger partial charge in [0, 0.05) is 36.9 Å². The van der Waals surface area contributed by atoms with Crippen LogP contribution in [0.4, 0.5) is 4.39 Å². The van der Waals surface area contributed by atoms with Crippen LogP contribution in [0, 0.1) is 28.5 Å². The van der Waals surface area contributed by atoms with Gasteiger partial charge in [0.15, 0.2) is 0 Å². The third kappa shape index (κ3) is 3.36. The number of fused-ring (bicyclic) bond motifs is 3. The van der Waals surface area contributed by atoms with Gasteiger partial charge in [0.1, 0.15) is 18.0 Å². The Morgan fingerprint density at radius 3 is 1.78 bits per heavy atom. The van der Waals surface area contributed by atoms with E-state index in [4.69, 9.17) is 0 Å². The molecule has 0 aliphatic rings. The van der Waals surface area contributed by atoms with Gasteiger partial charge in [-0.15, -0.1) is 11.3 Å². The van der Waals surface area contributed by atoms with Crippen molar-refractivity contribution < 1.29 is 4.39 Å². The van der Waals surface area contributed by atoms with E-state index in [1.54, 1.807) is 23.5 Å². The minimum atomic E-state index is -0.618. The molecule has 0 radical (unpaired) electrons. The minimum absolute atomic E-state index is 0.122. The van der Waals surface area contributed by atoms with Gasteiger partial charge >= 0.3 is 0 Å². The summed E-state index contributed by atoms with van der Waals surface area (Å²) in [6.07, 6.45) is 0. The summed E-state index contributed by atoms with van der Waals surface area (Å²) < 4.78 is 18.5. The quantitative estimate of drug-likeness (QED) is 0.254. The summed E-state index contributed by atoms with van der Waals surface area (Å²) in [7, 11) is 0. The van der Waals surface area contributed by atoms with Crippen LogP contribution in [0.25, 0.3) is 53.6 Å². The van der Waals surface area contributed by atoms with Crippen LogP contribution in [0.1, 0.15) is 11.1 Å². The Kier molecular flexibility index (Phi) is 5.30. The largest absolute Gasteiger partial charge is 0.205 e. The average Bonchev–Trinajstić information content (AvgIpc) is 3.31. The van der Waals surface area contributed by atoms with Crippen LogP contribution in [-0.4, -0.2) is 0 Å². The zero-order chi connectivity index (χ0) is 24.6. The van der Waals surface area contributed by atoms with E-state index >= 15 is 4.39 Å². The lowest BCUT2D eigenvalue weighted by Crippen LogP contribution is -2.02. The predicted octanol–water partition coefficient (Wildman–Crippen LogP) is 8.94. The van der Waals surface area contributed by atoms with Crippen molar-refractivity contribution in [2.45, 2.75) is 0 Å². The van der Waals surface area contributed by atoms with Crippen molar-refractivity contribution in [2.75, 3.05) is 0 Å². The highest BCUT2D eigenvalue weighted by molar-refractivity contribution is 7.25. The lowest BCUT2D eigenvalue weighted by molar-refractivity contribution is 0.628. The first kappa shape index (κ1) is 21.7. The van der Waals surface area contributed by atoms with E-state index in [9.17, 15) is 10.5 Å². The summed E-state index contributed by atoms with van der Waals surface area (Å²) in [5.41, 5.74) is 3.25. The molecule has 0 bridgehead atoms. The topological polar surface area (TPSA) is 47.6 Å². The molecule has 0 aliphatic carbocycles. The van der Waals surface area contributed by atoms with Crippen LogP contribution < -0.4 is 0 Å². The second kappa shape index (κ2) is 8.78. The number of rotatable bonds is 3. The van der Waals surface area contributed by atoms with Gasteiger partial charge in [-0.3, -0.25) is 0 Å². The highest BCUT2D eigenvalue weighted by Gasteiger charge is 2.27. The number of nitriles is 2. The molecule has 4 heteroatoms. The first-order valence-electron chi connectivity index (χ1n) is 11.4. The van der Waals surface area contributed by atoms with E-state index in [-0.39, 0.29) is 11.1 Å². The maximum atomic E-state index is 16.3. The normalized spacial score (nSPS) is 10.9. The Morgan fingerprint density at radius 2 is 1.11 bits per heavy atom. The molecule has 0 spiro atoms. The Bertz CT molecular complexity index is 1860. The molecule has 0 aliphatic heterocycles. The molecule has 1 heterocycles. The van der Waals surface area contributed by atoms with E-state index in [0.717, 1.165) is 15.6 Å². The first-order chi connectivity index (χ1) is 17.7. The van der Waals surface area contributed by atoms with E-state index in [0.29, 0.717) is 27.8 Å². The molecule has 1 aromatic heterocycles. The van der Waals surface area contributed by atoms with Crippen molar-refractivity contribution in [3.8, 4) is 45.5 Å². The van der Waals surface area contributed by atoms with Gasteiger partial charge in [0.2, 0.25) is 0 Å². The molecule has 0 amide bonds. The Morgan fingerprint density at radius 1 is 0.528 bits per heavy atom. The molecule has 2 nitrogen and oxygen atoms in total. The van der Waals surface area contributed by atoms with E-state index in [2.05, 4.69) is 18.2 Å². The fourth-order valence-corrected chi connectivity index (χ4v) is 6.02. The van der Waals surface area contributed by atoms with Crippen molar-refractivity contribution in [1.82, 2.24) is 0 Å². The van der Waals surface area contributed by atoms with Crippen LogP contribution in [0.3, 0.4) is 0 Å². The van der Waals surface area contributed by atoms with Crippen LogP contribution >= 0.6 is 11.3 Å². The molecule has 0 atom stereocenters. The van der Waals surface area contributed by atoms with Gasteiger partial charge in [-0.25, -0.2) is 4.39 Å². The summed E-state index contributed by atoms with van der Waals surface area (Å²) in [5, 5.41) is 22.8. The molecule has 5 aromatic carbocycles. The van der Waals surface area contributed by atoms with Gasteiger partial charge < -0.3 is 0 Å². The molecular formula is C32H17FN2S. The SMILES string of the molecule is N#Cc1c(F)c(-c2ccccc2)c(-c2ccc3c(c2)sc2ccccc23)c(C#N)c1-c1ccccc1. The molecule has 6 aromatic rings. The fourth-order valence-electron chi connectivity index (χ4n) is 4.88. The molecule has 0 fully saturated rings. The lowest BCUT2D eigenvalue weighted by Gasteiger charge is -2.19. The average molecular weight is 481 g/mol. The zero-order valence-corrected chi connectivity index (χ0v) is 19.8. The molecule has 0 saturated carbocycles. The second-order valence-electron chi connectivity index (χ2n) is 8.45. The maximum absolute atomic E-state index is 16.3. The van der Waals surface area contributed by atoms with Gasteiger partial charge in [-0.1, -0.05) is 91.0 Å². The number of halogens is 1. The number of benzene rings is 5. The van der Waals surface area contributed by atoms with Gasteiger partial charge in [-0.2, -0.15) is 10.5 Å². The lowest BCUT2D eigenvalue weighted by atomic mass is 9.83. The zero-order valence-electron chi connectivity index (χ0n) is 19.0. The number of hydrogen-bond donors (Lipinski definition) is 0. The summed E-state index contributed by atoms with van der Waals surface area (Å²) in [6, 6.07) is 36.9. The highest BCUT2D eigenvalue weighted by Crippen LogP contribution is 2.45. The van der Waals surface area contributed by atoms with Crippen LogP contribution in [0.2, 0.25) is 0 Å². The van der Waals surface area contributed by atoms with E-state index < -0.39 is 5.82 Å². The Labute approximate surface area is 211 Å². The molecule has 6 rings (SSSR count). The van der Waals surface area contributed by atoms with Crippen LogP contribution in [0.15, 0.2) is 103 Å². The predicted molar refractivity (Wildman–Crippen MR) is 145 cm³/mol. The standard InChI is InChI=1S/C32H17FN2S/c33-32-26(19-35)29(20-9-3-1-4-10-20)25(18-34)30(31(32)21-11-5-2-6-12-21)22-15-16-24-23-13-7-8-14-27(23)36-28(24)17-22/h1-17H. The smallest absolute Gasteiger partial charge is 0.150 e. The minimum Gasteiger partial charge on any atom is -0.205 e. The van der Waals surface area contributed by atoms with Gasteiger partial charge in [0.05, 0.1) is 11.1 Å². The van der Waals surface area contributed by atoms with E-state index in [1.165, 1.54) is 10.1 Å². The number of thiophene rings is 1. The molecule has 0 saturated heterocycles. The summed E-state index contributed by atoms with van der Waals surface area (Å²) in [4.78, 5) is 0. The molecule has 0 N–H and O–H groups in total. The van der Waals surface area contributed by atoms with Crippen LogP contribution in [-0.2, 0) is 0 Å². The third-order valence-corrected chi connectivity index (χ3v) is 7.59. The Hall–Kier alpha value is -4.77. The summed E-state index contributed by atoms with van der Waals surface area (Å²) in [6.45, 7) is 0. The summed E-state index contributed by atoms with van der Waals surface area (Å²) in [5.74, 6) is -0.618. The van der Waals surface area contributed by atoms with Crippen molar-refractivity contribution in [3.63, 3.8) is 0 Å². The molecular weight excluding hydrogens is 463 g/mol. The van der Waals surface area contributed by atoms with E-state index in [1.807, 2.05) is 84.9 Å². The van der Waals surface area contributed by atoms with Crippen molar-refractivity contribution in [1.29, 1.82) is 10.5 Å². The molecule has 0 unspecified atom stereocenters. The number of nitrogens with zero attached hydrogens (tertiary/aromatic N) is 2. The summed E-state index contributed by atoms with van der Waals surface area (Å²) >= 11 is 1.67. The number of hydrogen-bond acceptors (Lipinski definition) is 3.